The second kappa shape index (κ2) is 5.52. The van der Waals surface area contributed by atoms with Gasteiger partial charge in [0.15, 0.2) is 0 Å². The third kappa shape index (κ3) is 3.10. The second-order valence-corrected chi connectivity index (χ2v) is 6.94. The molecule has 104 valence electrons. The van der Waals surface area contributed by atoms with E-state index in [1.54, 1.807) is 0 Å². The number of nitrogens with two attached hydrogens (primary N) is 1. The molecule has 7 heteroatoms. The minimum atomic E-state index is -3.55. The summed E-state index contributed by atoms with van der Waals surface area (Å²) in [6.45, 7) is 0.781. The van der Waals surface area contributed by atoms with Crippen molar-refractivity contribution in [2.75, 3.05) is 13.1 Å². The predicted molar refractivity (Wildman–Crippen MR) is 74.7 cm³/mol. The van der Waals surface area contributed by atoms with Crippen molar-refractivity contribution in [3.8, 4) is 0 Å². The summed E-state index contributed by atoms with van der Waals surface area (Å²) >= 11 is 4.92. The zero-order valence-electron chi connectivity index (χ0n) is 10.3. The number of sulfonamides is 1. The van der Waals surface area contributed by atoms with Crippen molar-refractivity contribution in [2.45, 2.75) is 17.7 Å². The molecule has 0 unspecified atom stereocenters. The third-order valence-electron chi connectivity index (χ3n) is 3.31. The number of piperidine rings is 1. The maximum atomic E-state index is 12.8. The van der Waals surface area contributed by atoms with Crippen molar-refractivity contribution in [3.05, 3.63) is 30.1 Å². The maximum absolute atomic E-state index is 12.8. The van der Waals surface area contributed by atoms with Gasteiger partial charge < -0.3 is 5.73 Å². The van der Waals surface area contributed by atoms with Gasteiger partial charge in [0.05, 0.1) is 9.88 Å². The summed E-state index contributed by atoms with van der Waals surface area (Å²) < 4.78 is 38.8. The Morgan fingerprint density at radius 1 is 1.26 bits per heavy atom. The minimum absolute atomic E-state index is 0.106. The zero-order chi connectivity index (χ0) is 14.0. The number of thiocarbonyl (C=S) groups is 1. The summed E-state index contributed by atoms with van der Waals surface area (Å²) in [5.41, 5.74) is 5.57. The number of hydrogen-bond donors (Lipinski definition) is 1. The summed E-state index contributed by atoms with van der Waals surface area (Å²) in [5.74, 6) is -0.346. The molecule has 1 fully saturated rings. The Labute approximate surface area is 117 Å². The van der Waals surface area contributed by atoms with E-state index in [0.717, 1.165) is 12.1 Å². The number of hydrogen-bond acceptors (Lipinski definition) is 3. The molecule has 0 aromatic heterocycles. The van der Waals surface area contributed by atoms with Crippen LogP contribution in [0.1, 0.15) is 12.8 Å². The Kier molecular flexibility index (Phi) is 4.17. The summed E-state index contributed by atoms with van der Waals surface area (Å²) in [6, 6.07) is 4.86. The highest BCUT2D eigenvalue weighted by molar-refractivity contribution is 7.89. The van der Waals surface area contributed by atoms with Gasteiger partial charge >= 0.3 is 0 Å². The van der Waals surface area contributed by atoms with E-state index in [0.29, 0.717) is 30.9 Å². The van der Waals surface area contributed by atoms with Crippen molar-refractivity contribution in [1.82, 2.24) is 4.31 Å². The Balaban J connectivity index is 2.14. The van der Waals surface area contributed by atoms with Gasteiger partial charge in [-0.25, -0.2) is 12.8 Å². The van der Waals surface area contributed by atoms with Gasteiger partial charge in [-0.1, -0.05) is 12.2 Å². The topological polar surface area (TPSA) is 63.4 Å². The highest BCUT2D eigenvalue weighted by atomic mass is 32.2. The number of rotatable bonds is 3. The van der Waals surface area contributed by atoms with Gasteiger partial charge in [0.2, 0.25) is 10.0 Å². The monoisotopic (exact) mass is 302 g/mol. The van der Waals surface area contributed by atoms with Gasteiger partial charge in [-0.15, -0.1) is 0 Å². The van der Waals surface area contributed by atoms with Gasteiger partial charge in [0, 0.05) is 19.0 Å². The molecule has 0 amide bonds. The molecule has 0 aliphatic carbocycles. The molecule has 1 aromatic carbocycles. The first kappa shape index (κ1) is 14.4. The summed E-state index contributed by atoms with van der Waals surface area (Å²) in [4.78, 5) is 0.557. The maximum Gasteiger partial charge on any atom is 0.243 e. The third-order valence-corrected chi connectivity index (χ3v) is 5.55. The molecule has 0 radical (unpaired) electrons. The molecule has 0 saturated carbocycles. The van der Waals surface area contributed by atoms with Crippen LogP contribution in [0.25, 0.3) is 0 Å². The lowest BCUT2D eigenvalue weighted by Crippen LogP contribution is -2.41. The van der Waals surface area contributed by atoms with Crippen LogP contribution in [0.4, 0.5) is 4.39 Å². The zero-order valence-corrected chi connectivity index (χ0v) is 11.9. The van der Waals surface area contributed by atoms with Crippen LogP contribution in [0.3, 0.4) is 0 Å². The van der Waals surface area contributed by atoms with E-state index in [1.165, 1.54) is 16.4 Å². The summed E-state index contributed by atoms with van der Waals surface area (Å²) in [7, 11) is -3.55. The highest BCUT2D eigenvalue weighted by Crippen LogP contribution is 2.24. The molecular formula is C12H15FN2O2S2. The quantitative estimate of drug-likeness (QED) is 0.860. The van der Waals surface area contributed by atoms with Gasteiger partial charge in [-0.2, -0.15) is 4.31 Å². The Bertz CT molecular complexity index is 564. The predicted octanol–water partition coefficient (Wildman–Crippen LogP) is 1.51. The Morgan fingerprint density at radius 3 is 2.26 bits per heavy atom. The molecule has 19 heavy (non-hydrogen) atoms. The van der Waals surface area contributed by atoms with E-state index in [-0.39, 0.29) is 10.8 Å². The van der Waals surface area contributed by atoms with Crippen molar-refractivity contribution in [1.29, 1.82) is 0 Å². The van der Waals surface area contributed by atoms with E-state index in [4.69, 9.17) is 18.0 Å². The molecule has 1 saturated heterocycles. The summed E-state index contributed by atoms with van der Waals surface area (Å²) in [5, 5.41) is 0. The second-order valence-electron chi connectivity index (χ2n) is 4.53. The van der Waals surface area contributed by atoms with Gasteiger partial charge in [-0.05, 0) is 37.1 Å². The first-order chi connectivity index (χ1) is 8.91. The molecule has 1 aliphatic heterocycles. The molecule has 1 aromatic rings. The fraction of sp³-hybridized carbons (Fsp3) is 0.417. The first-order valence-electron chi connectivity index (χ1n) is 5.96. The molecular weight excluding hydrogens is 287 g/mol. The molecule has 1 aliphatic rings. The SMILES string of the molecule is NC(=S)C1CCN(S(=O)(=O)c2ccc(F)cc2)CC1. The Hall–Kier alpha value is -1.05. The van der Waals surface area contributed by atoms with Gasteiger partial charge in [-0.3, -0.25) is 0 Å². The van der Waals surface area contributed by atoms with Gasteiger partial charge in [0.25, 0.3) is 0 Å². The highest BCUT2D eigenvalue weighted by Gasteiger charge is 2.30. The van der Waals surface area contributed by atoms with Crippen molar-refractivity contribution in [2.24, 2.45) is 11.7 Å². The number of benzene rings is 1. The number of nitrogens with zero attached hydrogens (tertiary/aromatic N) is 1. The summed E-state index contributed by atoms with van der Waals surface area (Å²) in [6.07, 6.45) is 1.27. The van der Waals surface area contributed by atoms with Crippen molar-refractivity contribution >= 4 is 27.2 Å². The van der Waals surface area contributed by atoms with Gasteiger partial charge in [0.1, 0.15) is 5.82 Å². The largest absolute Gasteiger partial charge is 0.393 e. The molecule has 2 N–H and O–H groups in total. The van der Waals surface area contributed by atoms with Crippen LogP contribution in [-0.4, -0.2) is 30.8 Å². The van der Waals surface area contributed by atoms with Crippen LogP contribution in [-0.2, 0) is 10.0 Å². The molecule has 0 atom stereocenters. The molecule has 2 rings (SSSR count). The molecule has 0 bridgehead atoms. The molecule has 0 spiro atoms. The van der Waals surface area contributed by atoms with Crippen LogP contribution in [0.5, 0.6) is 0 Å². The van der Waals surface area contributed by atoms with E-state index in [1.807, 2.05) is 0 Å². The van der Waals surface area contributed by atoms with Crippen LogP contribution in [0.15, 0.2) is 29.2 Å². The van der Waals surface area contributed by atoms with E-state index in [2.05, 4.69) is 0 Å². The van der Waals surface area contributed by atoms with Crippen LogP contribution < -0.4 is 5.73 Å². The smallest absolute Gasteiger partial charge is 0.243 e. The van der Waals surface area contributed by atoms with Crippen molar-refractivity contribution < 1.29 is 12.8 Å². The van der Waals surface area contributed by atoms with E-state index >= 15 is 0 Å². The molecule has 1 heterocycles. The fourth-order valence-corrected chi connectivity index (χ4v) is 3.84. The minimum Gasteiger partial charge on any atom is -0.393 e. The lowest BCUT2D eigenvalue weighted by Gasteiger charge is -2.30. The lowest BCUT2D eigenvalue weighted by molar-refractivity contribution is 0.316. The van der Waals surface area contributed by atoms with E-state index < -0.39 is 15.8 Å². The van der Waals surface area contributed by atoms with Crippen LogP contribution >= 0.6 is 12.2 Å². The normalized spacial score (nSPS) is 18.4. The Morgan fingerprint density at radius 2 is 1.79 bits per heavy atom. The van der Waals surface area contributed by atoms with E-state index in [9.17, 15) is 12.8 Å². The lowest BCUT2D eigenvalue weighted by atomic mass is 9.98. The standard InChI is InChI=1S/C12H15FN2O2S2/c13-10-1-3-11(4-2-10)19(16,17)15-7-5-9(6-8-15)12(14)18/h1-4,9H,5-8H2,(H2,14,18). The van der Waals surface area contributed by atoms with Crippen LogP contribution in [0.2, 0.25) is 0 Å². The first-order valence-corrected chi connectivity index (χ1v) is 7.81. The van der Waals surface area contributed by atoms with Crippen molar-refractivity contribution in [3.63, 3.8) is 0 Å². The van der Waals surface area contributed by atoms with Crippen LogP contribution in [0, 0.1) is 11.7 Å². The average molecular weight is 302 g/mol. The fourth-order valence-electron chi connectivity index (χ4n) is 2.14. The average Bonchev–Trinajstić information content (AvgIpc) is 2.39. The number of halogens is 1. The molecule has 4 nitrogen and oxygen atoms in total.